The first-order valence-corrected chi connectivity index (χ1v) is 18.1. The molecule has 0 bridgehead atoms. The number of carbonyl (C=O) groups excluding carboxylic acids is 3. The fourth-order valence-electron chi connectivity index (χ4n) is 7.98. The first kappa shape index (κ1) is 34.6. The minimum atomic E-state index is -0.172. The van der Waals surface area contributed by atoms with E-state index in [1.54, 1.807) is 31.4 Å². The number of hydrogen-bond acceptors (Lipinski definition) is 7. The van der Waals surface area contributed by atoms with Gasteiger partial charge in [-0.25, -0.2) is 0 Å². The summed E-state index contributed by atoms with van der Waals surface area (Å²) in [5.74, 6) is -0.320. The number of likely N-dealkylation sites (tertiary alicyclic amines) is 1. The maximum Gasteiger partial charge on any atom is 0.268 e. The zero-order valence-electron chi connectivity index (χ0n) is 30.4. The number of aromatic nitrogens is 4. The zero-order valence-corrected chi connectivity index (χ0v) is 30.4. The van der Waals surface area contributed by atoms with E-state index in [1.165, 1.54) is 5.69 Å². The molecule has 4 aromatic rings. The maximum atomic E-state index is 13.5. The number of benzene rings is 1. The fraction of sp³-hybridized carbons (Fsp3) is 0.462. The SMILES string of the molecule is Cc1cc(C(=O)N(C)C)cnc1CN1CCn2c(C(=O)NCc3ccc(NC(=O)c4cnn(C5CCN(C)CC5)c4C)cc3)ccc2C12CCC2. The Balaban J connectivity index is 0.960. The van der Waals surface area contributed by atoms with Crippen LogP contribution in [0, 0.1) is 13.8 Å². The highest BCUT2D eigenvalue weighted by Crippen LogP contribution is 2.49. The van der Waals surface area contributed by atoms with Crippen LogP contribution < -0.4 is 10.6 Å². The Morgan fingerprint density at radius 3 is 2.35 bits per heavy atom. The molecule has 1 saturated carbocycles. The van der Waals surface area contributed by atoms with Crippen LogP contribution in [0.25, 0.3) is 0 Å². The Morgan fingerprint density at radius 2 is 1.69 bits per heavy atom. The highest BCUT2D eigenvalue weighted by molar-refractivity contribution is 6.04. The quantitative estimate of drug-likeness (QED) is 0.260. The van der Waals surface area contributed by atoms with Crippen LogP contribution in [0.1, 0.15) is 97.6 Å². The van der Waals surface area contributed by atoms with Crippen molar-refractivity contribution in [2.24, 2.45) is 0 Å². The molecule has 3 aliphatic rings. The monoisotopic (exact) mass is 691 g/mol. The van der Waals surface area contributed by atoms with Gasteiger partial charge in [-0.2, -0.15) is 5.10 Å². The van der Waals surface area contributed by atoms with Crippen LogP contribution in [0.3, 0.4) is 0 Å². The summed E-state index contributed by atoms with van der Waals surface area (Å²) in [6.45, 7) is 8.66. The van der Waals surface area contributed by atoms with E-state index in [2.05, 4.69) is 43.2 Å². The number of nitrogens with zero attached hydrogens (tertiary/aromatic N) is 7. The van der Waals surface area contributed by atoms with Crippen molar-refractivity contribution in [3.8, 4) is 0 Å². The molecule has 2 N–H and O–H groups in total. The Bertz CT molecular complexity index is 1930. The number of aryl methyl sites for hydroxylation is 1. The van der Waals surface area contributed by atoms with Gasteiger partial charge >= 0.3 is 0 Å². The first-order valence-electron chi connectivity index (χ1n) is 18.1. The van der Waals surface area contributed by atoms with Gasteiger partial charge in [0.15, 0.2) is 0 Å². The summed E-state index contributed by atoms with van der Waals surface area (Å²) in [7, 11) is 5.63. The lowest BCUT2D eigenvalue weighted by atomic mass is 9.71. The number of carbonyl (C=O) groups is 3. The number of anilines is 1. The Hall–Kier alpha value is -4.81. The zero-order chi connectivity index (χ0) is 35.9. The Morgan fingerprint density at radius 1 is 0.941 bits per heavy atom. The molecule has 0 radical (unpaired) electrons. The molecule has 5 heterocycles. The van der Waals surface area contributed by atoms with Crippen molar-refractivity contribution in [3.63, 3.8) is 0 Å². The molecule has 268 valence electrons. The van der Waals surface area contributed by atoms with Crippen LogP contribution in [0.5, 0.6) is 0 Å². The van der Waals surface area contributed by atoms with E-state index in [9.17, 15) is 14.4 Å². The molecule has 51 heavy (non-hydrogen) atoms. The normalized spacial score (nSPS) is 17.5. The topological polar surface area (TPSA) is 121 Å². The molecule has 1 aromatic carbocycles. The maximum absolute atomic E-state index is 13.5. The summed E-state index contributed by atoms with van der Waals surface area (Å²) in [4.78, 5) is 50.2. The van der Waals surface area contributed by atoms with E-state index >= 15 is 0 Å². The molecule has 0 atom stereocenters. The third-order valence-corrected chi connectivity index (χ3v) is 11.2. The summed E-state index contributed by atoms with van der Waals surface area (Å²) in [6.07, 6.45) is 8.64. The minimum Gasteiger partial charge on any atom is -0.347 e. The van der Waals surface area contributed by atoms with Crippen LogP contribution >= 0.6 is 0 Å². The van der Waals surface area contributed by atoms with Gasteiger partial charge in [-0.1, -0.05) is 12.1 Å². The molecule has 3 aromatic heterocycles. The van der Waals surface area contributed by atoms with Gasteiger partial charge in [-0.15, -0.1) is 0 Å². The molecular formula is C39H49N9O3. The van der Waals surface area contributed by atoms with E-state index < -0.39 is 0 Å². The summed E-state index contributed by atoms with van der Waals surface area (Å²) in [6, 6.07) is 13.9. The molecule has 2 fully saturated rings. The van der Waals surface area contributed by atoms with Crippen molar-refractivity contribution >= 4 is 23.4 Å². The van der Waals surface area contributed by atoms with Crippen molar-refractivity contribution in [3.05, 3.63) is 99.9 Å². The van der Waals surface area contributed by atoms with Gasteiger partial charge in [-0.3, -0.25) is 28.9 Å². The second-order valence-corrected chi connectivity index (χ2v) is 14.7. The number of hydrogen-bond donors (Lipinski definition) is 2. The molecule has 12 nitrogen and oxygen atoms in total. The minimum absolute atomic E-state index is 0.0482. The van der Waals surface area contributed by atoms with E-state index in [-0.39, 0.29) is 23.3 Å². The molecule has 2 aliphatic heterocycles. The van der Waals surface area contributed by atoms with Gasteiger partial charge < -0.3 is 25.0 Å². The third-order valence-electron chi connectivity index (χ3n) is 11.2. The first-order chi connectivity index (χ1) is 24.5. The summed E-state index contributed by atoms with van der Waals surface area (Å²) in [5, 5.41) is 10.7. The van der Waals surface area contributed by atoms with Crippen molar-refractivity contribution in [2.45, 2.75) is 77.2 Å². The fourth-order valence-corrected chi connectivity index (χ4v) is 7.98. The second kappa shape index (κ2) is 14.1. The van der Waals surface area contributed by atoms with Crippen LogP contribution in [0.15, 0.2) is 54.9 Å². The Labute approximate surface area is 299 Å². The lowest BCUT2D eigenvalue weighted by molar-refractivity contribution is -0.0226. The number of piperidine rings is 1. The lowest BCUT2D eigenvalue weighted by Crippen LogP contribution is -2.56. The van der Waals surface area contributed by atoms with Gasteiger partial charge in [0.2, 0.25) is 0 Å². The molecule has 1 aliphatic carbocycles. The summed E-state index contributed by atoms with van der Waals surface area (Å²) in [5.41, 5.74) is 7.46. The lowest BCUT2D eigenvalue weighted by Gasteiger charge is -2.53. The average Bonchev–Trinajstić information content (AvgIpc) is 3.71. The average molecular weight is 692 g/mol. The van der Waals surface area contributed by atoms with E-state index in [0.29, 0.717) is 48.2 Å². The highest BCUT2D eigenvalue weighted by atomic mass is 16.2. The number of amides is 3. The van der Waals surface area contributed by atoms with E-state index in [1.807, 2.05) is 54.9 Å². The van der Waals surface area contributed by atoms with Gasteiger partial charge in [0.05, 0.1) is 34.6 Å². The van der Waals surface area contributed by atoms with Crippen molar-refractivity contribution in [2.75, 3.05) is 46.1 Å². The summed E-state index contributed by atoms with van der Waals surface area (Å²) < 4.78 is 4.20. The smallest absolute Gasteiger partial charge is 0.268 e. The standard InChI is InChI=1S/C39H49N9O3/c1-26-21-29(38(51)44(3)4)23-40-33(26)25-46-19-20-47-34(11-12-35(47)39(46)15-6-16-39)37(50)41-22-28-7-9-30(10-8-28)43-36(49)32-24-42-48(27(32)2)31-13-17-45(5)18-14-31/h7-12,21,23-24,31H,6,13-20,22,25H2,1-5H3,(H,41,50)(H,43,49). The Kier molecular flexibility index (Phi) is 9.56. The number of rotatable bonds is 9. The molecule has 12 heteroatoms. The van der Waals surface area contributed by atoms with E-state index in [4.69, 9.17) is 4.98 Å². The van der Waals surface area contributed by atoms with Crippen molar-refractivity contribution < 1.29 is 14.4 Å². The van der Waals surface area contributed by atoms with Crippen LogP contribution in [0.2, 0.25) is 0 Å². The van der Waals surface area contributed by atoms with Crippen LogP contribution in [-0.2, 0) is 25.2 Å². The number of fused-ring (bicyclic) bond motifs is 2. The molecule has 1 spiro atoms. The van der Waals surface area contributed by atoms with Crippen molar-refractivity contribution in [1.82, 2.24) is 39.3 Å². The number of pyridine rings is 1. The predicted molar refractivity (Wildman–Crippen MR) is 196 cm³/mol. The molecule has 1 saturated heterocycles. The van der Waals surface area contributed by atoms with Gasteiger partial charge in [0.1, 0.15) is 5.69 Å². The number of nitrogens with one attached hydrogen (secondary N) is 2. The molecule has 3 amide bonds. The van der Waals surface area contributed by atoms with Gasteiger partial charge in [0, 0.05) is 63.5 Å². The largest absolute Gasteiger partial charge is 0.347 e. The predicted octanol–water partition coefficient (Wildman–Crippen LogP) is 4.74. The second-order valence-electron chi connectivity index (χ2n) is 14.7. The van der Waals surface area contributed by atoms with Gasteiger partial charge in [-0.05, 0) is 108 Å². The molecular weight excluding hydrogens is 642 g/mol. The molecule has 0 unspecified atom stereocenters. The summed E-state index contributed by atoms with van der Waals surface area (Å²) >= 11 is 0. The van der Waals surface area contributed by atoms with Crippen molar-refractivity contribution in [1.29, 1.82) is 0 Å². The van der Waals surface area contributed by atoms with E-state index in [0.717, 1.165) is 74.3 Å². The van der Waals surface area contributed by atoms with Crippen LogP contribution in [0.4, 0.5) is 5.69 Å². The highest BCUT2D eigenvalue weighted by Gasteiger charge is 2.48. The third kappa shape index (κ3) is 6.70. The molecule has 7 rings (SSSR count). The van der Waals surface area contributed by atoms with Crippen LogP contribution in [-0.4, -0.2) is 92.5 Å². The van der Waals surface area contributed by atoms with Gasteiger partial charge in [0.25, 0.3) is 17.7 Å².